The van der Waals surface area contributed by atoms with Crippen molar-refractivity contribution in [1.29, 1.82) is 0 Å². The molecule has 0 aliphatic rings. The molecular formula is C12H24N2O2. The van der Waals surface area contributed by atoms with E-state index in [0.29, 0.717) is 32.6 Å². The fraction of sp³-hybridized carbons (Fsp3) is 0.750. The number of nitrogens with one attached hydrogen (secondary N) is 1. The number of carbonyl (C=O) groups is 1. The zero-order valence-electron chi connectivity index (χ0n) is 10.6. The smallest absolute Gasteiger partial charge is 0.240 e. The average molecular weight is 228 g/mol. The van der Waals surface area contributed by atoms with Gasteiger partial charge in [-0.3, -0.25) is 4.79 Å². The standard InChI is InChI=1S/C12H24N2O2/c1-5-12(13,6-2)11(15)14-7-8-16-9-10(3)4/h3,5-9,13H2,1-2,4H3,(H,14,15). The van der Waals surface area contributed by atoms with Crippen LogP contribution in [0, 0.1) is 0 Å². The number of hydrogen-bond acceptors (Lipinski definition) is 3. The second-order valence-electron chi connectivity index (χ2n) is 4.13. The van der Waals surface area contributed by atoms with Gasteiger partial charge in [-0.2, -0.15) is 0 Å². The van der Waals surface area contributed by atoms with Crippen LogP contribution in [-0.4, -0.2) is 31.2 Å². The first-order valence-electron chi connectivity index (χ1n) is 5.75. The molecule has 0 aromatic heterocycles. The molecule has 0 saturated heterocycles. The Morgan fingerprint density at radius 1 is 1.44 bits per heavy atom. The quantitative estimate of drug-likeness (QED) is 0.485. The van der Waals surface area contributed by atoms with Gasteiger partial charge in [0, 0.05) is 6.54 Å². The molecule has 0 bridgehead atoms. The molecule has 0 aliphatic carbocycles. The van der Waals surface area contributed by atoms with Crippen LogP contribution in [0.3, 0.4) is 0 Å². The molecule has 0 heterocycles. The van der Waals surface area contributed by atoms with Crippen LogP contribution in [0.25, 0.3) is 0 Å². The fourth-order valence-corrected chi connectivity index (χ4v) is 1.23. The largest absolute Gasteiger partial charge is 0.375 e. The highest BCUT2D eigenvalue weighted by Gasteiger charge is 2.29. The van der Waals surface area contributed by atoms with Crippen molar-refractivity contribution in [2.45, 2.75) is 39.2 Å². The summed E-state index contributed by atoms with van der Waals surface area (Å²) in [5.41, 5.74) is 6.17. The zero-order valence-corrected chi connectivity index (χ0v) is 10.6. The van der Waals surface area contributed by atoms with Gasteiger partial charge in [-0.15, -0.1) is 0 Å². The predicted octanol–water partition coefficient (Wildman–Crippen LogP) is 1.21. The maximum atomic E-state index is 11.7. The van der Waals surface area contributed by atoms with Gasteiger partial charge in [-0.1, -0.05) is 26.0 Å². The molecule has 0 aliphatic heterocycles. The molecule has 0 atom stereocenters. The monoisotopic (exact) mass is 228 g/mol. The first-order chi connectivity index (χ1) is 7.46. The summed E-state index contributed by atoms with van der Waals surface area (Å²) >= 11 is 0. The van der Waals surface area contributed by atoms with Gasteiger partial charge in [0.2, 0.25) is 5.91 Å². The number of hydrogen-bond donors (Lipinski definition) is 2. The average Bonchev–Trinajstić information content (AvgIpc) is 2.26. The molecule has 16 heavy (non-hydrogen) atoms. The molecule has 0 aromatic carbocycles. The summed E-state index contributed by atoms with van der Waals surface area (Å²) in [5, 5.41) is 2.78. The van der Waals surface area contributed by atoms with Gasteiger partial charge < -0.3 is 15.8 Å². The molecule has 1 amide bonds. The molecule has 4 nitrogen and oxygen atoms in total. The van der Waals surface area contributed by atoms with Crippen molar-refractivity contribution in [3.05, 3.63) is 12.2 Å². The normalized spacial score (nSPS) is 11.2. The first-order valence-corrected chi connectivity index (χ1v) is 5.75. The minimum absolute atomic E-state index is 0.101. The zero-order chi connectivity index (χ0) is 12.6. The number of ether oxygens (including phenoxy) is 1. The van der Waals surface area contributed by atoms with Crippen molar-refractivity contribution in [3.63, 3.8) is 0 Å². The first kappa shape index (κ1) is 15.1. The molecule has 0 fully saturated rings. The van der Waals surface area contributed by atoms with E-state index in [-0.39, 0.29) is 5.91 Å². The van der Waals surface area contributed by atoms with Crippen LogP contribution in [0.2, 0.25) is 0 Å². The molecule has 4 heteroatoms. The SMILES string of the molecule is C=C(C)COCCNC(=O)C(N)(CC)CC. The van der Waals surface area contributed by atoms with Crippen LogP contribution >= 0.6 is 0 Å². The number of amides is 1. The molecule has 0 rings (SSSR count). The van der Waals surface area contributed by atoms with E-state index in [1.807, 2.05) is 20.8 Å². The fourth-order valence-electron chi connectivity index (χ4n) is 1.23. The van der Waals surface area contributed by atoms with E-state index < -0.39 is 5.54 Å². The van der Waals surface area contributed by atoms with Crippen molar-refractivity contribution >= 4 is 5.91 Å². The lowest BCUT2D eigenvalue weighted by atomic mass is 9.93. The summed E-state index contributed by atoms with van der Waals surface area (Å²) in [5.74, 6) is -0.101. The molecule has 0 unspecified atom stereocenters. The Balaban J connectivity index is 3.77. The predicted molar refractivity (Wildman–Crippen MR) is 66.1 cm³/mol. The lowest BCUT2D eigenvalue weighted by Crippen LogP contribution is -2.53. The van der Waals surface area contributed by atoms with E-state index in [4.69, 9.17) is 10.5 Å². The maximum absolute atomic E-state index is 11.7. The van der Waals surface area contributed by atoms with Crippen molar-refractivity contribution < 1.29 is 9.53 Å². The maximum Gasteiger partial charge on any atom is 0.240 e. The van der Waals surface area contributed by atoms with Crippen molar-refractivity contribution in [2.24, 2.45) is 5.73 Å². The van der Waals surface area contributed by atoms with Gasteiger partial charge in [-0.05, 0) is 19.8 Å². The minimum Gasteiger partial charge on any atom is -0.375 e. The lowest BCUT2D eigenvalue weighted by molar-refractivity contribution is -0.126. The van der Waals surface area contributed by atoms with Crippen LogP contribution in [0.5, 0.6) is 0 Å². The summed E-state index contributed by atoms with van der Waals surface area (Å²) in [6, 6.07) is 0. The third-order valence-corrected chi connectivity index (χ3v) is 2.59. The Labute approximate surface area is 98.2 Å². The molecule has 94 valence electrons. The summed E-state index contributed by atoms with van der Waals surface area (Å²) < 4.78 is 5.27. The Kier molecular flexibility index (Phi) is 7.01. The highest BCUT2D eigenvalue weighted by atomic mass is 16.5. The molecular weight excluding hydrogens is 204 g/mol. The van der Waals surface area contributed by atoms with Gasteiger partial charge in [0.1, 0.15) is 0 Å². The number of rotatable bonds is 8. The van der Waals surface area contributed by atoms with Crippen LogP contribution in [0.1, 0.15) is 33.6 Å². The lowest BCUT2D eigenvalue weighted by Gasteiger charge is -2.25. The number of carbonyl (C=O) groups excluding carboxylic acids is 1. The van der Waals surface area contributed by atoms with E-state index in [0.717, 1.165) is 5.57 Å². The third kappa shape index (κ3) is 5.28. The van der Waals surface area contributed by atoms with Gasteiger partial charge >= 0.3 is 0 Å². The van der Waals surface area contributed by atoms with Crippen molar-refractivity contribution in [3.8, 4) is 0 Å². The van der Waals surface area contributed by atoms with Gasteiger partial charge in [-0.25, -0.2) is 0 Å². The molecule has 0 saturated carbocycles. The third-order valence-electron chi connectivity index (χ3n) is 2.59. The second-order valence-corrected chi connectivity index (χ2v) is 4.13. The Morgan fingerprint density at radius 3 is 2.44 bits per heavy atom. The van der Waals surface area contributed by atoms with Gasteiger partial charge in [0.05, 0.1) is 18.8 Å². The highest BCUT2D eigenvalue weighted by molar-refractivity contribution is 5.85. The van der Waals surface area contributed by atoms with Crippen molar-refractivity contribution in [1.82, 2.24) is 5.32 Å². The van der Waals surface area contributed by atoms with Crippen LogP contribution in [0.4, 0.5) is 0 Å². The topological polar surface area (TPSA) is 64.3 Å². The second kappa shape index (κ2) is 7.41. The Morgan fingerprint density at radius 2 is 2.00 bits per heavy atom. The summed E-state index contributed by atoms with van der Waals surface area (Å²) in [7, 11) is 0. The molecule has 3 N–H and O–H groups in total. The Hall–Kier alpha value is -0.870. The Bertz CT molecular complexity index is 235. The molecule has 0 spiro atoms. The van der Waals surface area contributed by atoms with Crippen LogP contribution in [-0.2, 0) is 9.53 Å². The highest BCUT2D eigenvalue weighted by Crippen LogP contribution is 2.10. The van der Waals surface area contributed by atoms with E-state index in [9.17, 15) is 4.79 Å². The minimum atomic E-state index is -0.742. The van der Waals surface area contributed by atoms with Crippen LogP contribution < -0.4 is 11.1 Å². The summed E-state index contributed by atoms with van der Waals surface area (Å²) in [6.45, 7) is 11.0. The van der Waals surface area contributed by atoms with E-state index in [2.05, 4.69) is 11.9 Å². The van der Waals surface area contributed by atoms with E-state index in [1.54, 1.807) is 0 Å². The summed E-state index contributed by atoms with van der Waals surface area (Å²) in [6.07, 6.45) is 1.28. The molecule has 0 radical (unpaired) electrons. The summed E-state index contributed by atoms with van der Waals surface area (Å²) in [4.78, 5) is 11.7. The van der Waals surface area contributed by atoms with Crippen molar-refractivity contribution in [2.75, 3.05) is 19.8 Å². The van der Waals surface area contributed by atoms with Crippen LogP contribution in [0.15, 0.2) is 12.2 Å². The van der Waals surface area contributed by atoms with E-state index in [1.165, 1.54) is 0 Å². The van der Waals surface area contributed by atoms with E-state index >= 15 is 0 Å². The van der Waals surface area contributed by atoms with Gasteiger partial charge in [0.25, 0.3) is 0 Å². The van der Waals surface area contributed by atoms with Gasteiger partial charge in [0.15, 0.2) is 0 Å². The number of nitrogens with two attached hydrogens (primary N) is 1. The molecule has 0 aromatic rings.